The van der Waals surface area contributed by atoms with Gasteiger partial charge in [0.25, 0.3) is 0 Å². The lowest BCUT2D eigenvalue weighted by atomic mass is 9.70. The van der Waals surface area contributed by atoms with Crippen LogP contribution in [-0.2, 0) is 9.53 Å². The van der Waals surface area contributed by atoms with Crippen molar-refractivity contribution in [3.63, 3.8) is 0 Å². The molecule has 0 aromatic carbocycles. The Balaban J connectivity index is 0.00000176. The normalized spacial score (nSPS) is 26.1. The average Bonchev–Trinajstić information content (AvgIpc) is 2.71. The summed E-state index contributed by atoms with van der Waals surface area (Å²) in [5.74, 6) is 0.878. The number of carbonyl (C=O) groups excluding carboxylic acids is 1. The van der Waals surface area contributed by atoms with Crippen LogP contribution in [0.2, 0.25) is 0 Å². The highest BCUT2D eigenvalue weighted by Gasteiger charge is 2.37. The maximum absolute atomic E-state index is 12.3. The van der Waals surface area contributed by atoms with Crippen LogP contribution in [0.25, 0.3) is 0 Å². The van der Waals surface area contributed by atoms with E-state index in [4.69, 9.17) is 4.74 Å². The van der Waals surface area contributed by atoms with E-state index in [-0.39, 0.29) is 24.1 Å². The number of aliphatic hydroxyl groups excluding tert-OH is 1. The van der Waals surface area contributed by atoms with Gasteiger partial charge in [0, 0.05) is 5.92 Å². The van der Waals surface area contributed by atoms with Gasteiger partial charge in [0.05, 0.1) is 12.0 Å². The van der Waals surface area contributed by atoms with E-state index >= 15 is 0 Å². The van der Waals surface area contributed by atoms with Crippen molar-refractivity contribution in [1.29, 1.82) is 0 Å². The first-order valence-electron chi connectivity index (χ1n) is 11.3. The molecule has 0 aliphatic heterocycles. The van der Waals surface area contributed by atoms with Gasteiger partial charge in [-0.2, -0.15) is 0 Å². The third kappa shape index (κ3) is 7.44. The summed E-state index contributed by atoms with van der Waals surface area (Å²) in [5, 5.41) is 9.72. The van der Waals surface area contributed by atoms with Crippen molar-refractivity contribution >= 4 is 5.97 Å². The lowest BCUT2D eigenvalue weighted by Crippen LogP contribution is -2.37. The van der Waals surface area contributed by atoms with Gasteiger partial charge in [0.2, 0.25) is 0 Å². The quantitative estimate of drug-likeness (QED) is 0.383. The van der Waals surface area contributed by atoms with E-state index in [2.05, 4.69) is 18.2 Å². The number of fused-ring (bicyclic) bond motifs is 1. The second-order valence-electron chi connectivity index (χ2n) is 7.84. The third-order valence-corrected chi connectivity index (χ3v) is 5.99. The molecule has 156 valence electrons. The first-order valence-corrected chi connectivity index (χ1v) is 11.3. The van der Waals surface area contributed by atoms with E-state index in [0.29, 0.717) is 11.8 Å². The van der Waals surface area contributed by atoms with Crippen LogP contribution < -0.4 is 0 Å². The van der Waals surface area contributed by atoms with Crippen LogP contribution >= 0.6 is 0 Å². The lowest BCUT2D eigenvalue weighted by molar-refractivity contribution is -0.157. The number of unbranched alkanes of at least 4 members (excludes halogenated alkanes) is 1. The topological polar surface area (TPSA) is 46.5 Å². The molecule has 0 aromatic rings. The van der Waals surface area contributed by atoms with E-state index in [1.807, 2.05) is 34.6 Å². The summed E-state index contributed by atoms with van der Waals surface area (Å²) in [6.07, 6.45) is 15.7. The Morgan fingerprint density at radius 3 is 2.67 bits per heavy atom. The number of rotatable bonds is 9. The molecule has 5 atom stereocenters. The zero-order valence-electron chi connectivity index (χ0n) is 18.2. The summed E-state index contributed by atoms with van der Waals surface area (Å²) in [4.78, 5) is 12.3. The maximum atomic E-state index is 12.3. The third-order valence-electron chi connectivity index (χ3n) is 5.99. The number of carbonyl (C=O) groups is 1. The van der Waals surface area contributed by atoms with Crippen molar-refractivity contribution in [3.8, 4) is 0 Å². The SMILES string of the molecule is CC.CC[C@H](O)CCCC[C@H]1CC=CC2=CCC[C@H](OC(=O)[C@@H](C)CC)[C@@H]21. The minimum absolute atomic E-state index is 0.0116. The fourth-order valence-electron chi connectivity index (χ4n) is 4.08. The highest BCUT2D eigenvalue weighted by atomic mass is 16.5. The van der Waals surface area contributed by atoms with E-state index in [9.17, 15) is 9.90 Å². The molecular weight excluding hydrogens is 336 g/mol. The van der Waals surface area contributed by atoms with Crippen molar-refractivity contribution < 1.29 is 14.6 Å². The lowest BCUT2D eigenvalue weighted by Gasteiger charge is -2.39. The molecule has 0 heterocycles. The predicted molar refractivity (Wildman–Crippen MR) is 114 cm³/mol. The molecule has 2 aliphatic rings. The Morgan fingerprint density at radius 2 is 2.00 bits per heavy atom. The number of hydrogen-bond donors (Lipinski definition) is 1. The molecule has 27 heavy (non-hydrogen) atoms. The molecule has 2 rings (SSSR count). The van der Waals surface area contributed by atoms with E-state index in [0.717, 1.165) is 57.8 Å². The molecule has 3 nitrogen and oxygen atoms in total. The molecule has 0 saturated heterocycles. The van der Waals surface area contributed by atoms with Crippen LogP contribution in [0.5, 0.6) is 0 Å². The van der Waals surface area contributed by atoms with Gasteiger partial charge >= 0.3 is 5.97 Å². The Kier molecular flexibility index (Phi) is 11.7. The van der Waals surface area contributed by atoms with Crippen molar-refractivity contribution in [1.82, 2.24) is 0 Å². The molecule has 0 bridgehead atoms. The second-order valence-corrected chi connectivity index (χ2v) is 7.84. The molecule has 0 spiro atoms. The summed E-state index contributed by atoms with van der Waals surface area (Å²) >= 11 is 0. The summed E-state index contributed by atoms with van der Waals surface area (Å²) in [5.41, 5.74) is 1.37. The Bertz CT molecular complexity index is 480. The summed E-state index contributed by atoms with van der Waals surface area (Å²) < 4.78 is 5.95. The van der Waals surface area contributed by atoms with Crippen LogP contribution in [0.3, 0.4) is 0 Å². The smallest absolute Gasteiger partial charge is 0.308 e. The minimum Gasteiger partial charge on any atom is -0.461 e. The van der Waals surface area contributed by atoms with Crippen LogP contribution in [0.15, 0.2) is 23.8 Å². The van der Waals surface area contributed by atoms with Gasteiger partial charge in [-0.15, -0.1) is 0 Å². The molecule has 0 radical (unpaired) electrons. The van der Waals surface area contributed by atoms with Gasteiger partial charge in [-0.25, -0.2) is 0 Å². The van der Waals surface area contributed by atoms with Crippen molar-refractivity contribution in [2.45, 2.75) is 105 Å². The molecule has 2 aliphatic carbocycles. The number of ether oxygens (including phenoxy) is 1. The van der Waals surface area contributed by atoms with Crippen molar-refractivity contribution in [2.75, 3.05) is 0 Å². The zero-order valence-corrected chi connectivity index (χ0v) is 18.2. The first-order chi connectivity index (χ1) is 13.1. The highest BCUT2D eigenvalue weighted by Crippen LogP contribution is 2.41. The Labute approximate surface area is 167 Å². The van der Waals surface area contributed by atoms with Gasteiger partial charge < -0.3 is 9.84 Å². The highest BCUT2D eigenvalue weighted by molar-refractivity contribution is 5.72. The van der Waals surface area contributed by atoms with Crippen LogP contribution in [0.1, 0.15) is 92.4 Å². The fourth-order valence-corrected chi connectivity index (χ4v) is 4.08. The van der Waals surface area contributed by atoms with Crippen LogP contribution in [-0.4, -0.2) is 23.3 Å². The Hall–Kier alpha value is -1.09. The number of esters is 1. The average molecular weight is 379 g/mol. The van der Waals surface area contributed by atoms with E-state index in [1.54, 1.807) is 0 Å². The second kappa shape index (κ2) is 13.1. The van der Waals surface area contributed by atoms with Gasteiger partial charge in [-0.1, -0.05) is 65.7 Å². The summed E-state index contributed by atoms with van der Waals surface area (Å²) in [6.45, 7) is 10.0. The summed E-state index contributed by atoms with van der Waals surface area (Å²) in [6, 6.07) is 0. The summed E-state index contributed by atoms with van der Waals surface area (Å²) in [7, 11) is 0. The number of aliphatic hydroxyl groups is 1. The van der Waals surface area contributed by atoms with E-state index in [1.165, 1.54) is 5.57 Å². The predicted octanol–water partition coefficient (Wildman–Crippen LogP) is 6.21. The molecule has 0 amide bonds. The van der Waals surface area contributed by atoms with Crippen molar-refractivity contribution in [2.24, 2.45) is 17.8 Å². The number of allylic oxidation sites excluding steroid dienone is 3. The minimum atomic E-state index is -0.152. The number of hydrogen-bond acceptors (Lipinski definition) is 3. The van der Waals surface area contributed by atoms with Gasteiger partial charge in [-0.3, -0.25) is 4.79 Å². The maximum Gasteiger partial charge on any atom is 0.308 e. The van der Waals surface area contributed by atoms with Gasteiger partial charge in [0.15, 0.2) is 0 Å². The molecule has 0 saturated carbocycles. The van der Waals surface area contributed by atoms with Crippen LogP contribution in [0.4, 0.5) is 0 Å². The molecule has 1 N–H and O–H groups in total. The largest absolute Gasteiger partial charge is 0.461 e. The molecule has 0 unspecified atom stereocenters. The van der Waals surface area contributed by atoms with Crippen molar-refractivity contribution in [3.05, 3.63) is 23.8 Å². The zero-order chi connectivity index (χ0) is 20.2. The standard InChI is InChI=1S/C22H36O3.C2H6/c1-4-16(3)22(24)25-20-15-9-13-18-12-8-11-17(21(18)20)10-6-7-14-19(23)5-2;1-2/h8,12-13,16-17,19-21,23H,4-7,9-11,14-15H2,1-3H3;1-2H3/t16-,17-,19-,20-,21+;/m0./s1. The van der Waals surface area contributed by atoms with Gasteiger partial charge in [0.1, 0.15) is 6.10 Å². The molecule has 0 aromatic heterocycles. The molecular formula is C24H42O3. The fraction of sp³-hybridized carbons (Fsp3) is 0.792. The molecule has 3 heteroatoms. The first kappa shape index (κ1) is 23.9. The Morgan fingerprint density at radius 1 is 1.26 bits per heavy atom. The van der Waals surface area contributed by atoms with Gasteiger partial charge in [-0.05, 0) is 56.4 Å². The van der Waals surface area contributed by atoms with E-state index < -0.39 is 0 Å². The molecule has 0 fully saturated rings. The monoisotopic (exact) mass is 378 g/mol. The van der Waals surface area contributed by atoms with Crippen LogP contribution in [0, 0.1) is 17.8 Å².